The Bertz CT molecular complexity index is 451. The summed E-state index contributed by atoms with van der Waals surface area (Å²) in [5, 5.41) is 18.4. The van der Waals surface area contributed by atoms with Crippen LogP contribution < -0.4 is 4.89 Å². The first-order valence-corrected chi connectivity index (χ1v) is 6.09. The monoisotopic (exact) mass is 268 g/mol. The fraction of sp³-hybridized carbons (Fsp3) is 0.500. The molecule has 0 radical (unpaired) electrons. The molecule has 1 unspecified atom stereocenters. The van der Waals surface area contributed by atoms with Crippen LogP contribution in [0.15, 0.2) is 18.2 Å². The van der Waals surface area contributed by atoms with Crippen molar-refractivity contribution in [3.05, 3.63) is 29.3 Å². The summed E-state index contributed by atoms with van der Waals surface area (Å²) in [4.78, 5) is 21.5. The molecule has 106 valence electrons. The number of carboxylic acids is 1. The van der Waals surface area contributed by atoms with E-state index in [4.69, 9.17) is 14.9 Å². The maximum atomic E-state index is 11.0. The first-order valence-electron chi connectivity index (χ1n) is 6.09. The van der Waals surface area contributed by atoms with Crippen LogP contribution in [0.1, 0.15) is 43.1 Å². The van der Waals surface area contributed by atoms with E-state index in [0.29, 0.717) is 17.7 Å². The minimum atomic E-state index is -1.01. The lowest BCUT2D eigenvalue weighted by Gasteiger charge is -2.25. The average molecular weight is 268 g/mol. The Morgan fingerprint density at radius 3 is 2.58 bits per heavy atom. The van der Waals surface area contributed by atoms with Gasteiger partial charge in [0.15, 0.2) is 5.75 Å². The average Bonchev–Trinajstić information content (AvgIpc) is 2.25. The summed E-state index contributed by atoms with van der Waals surface area (Å²) >= 11 is 0. The molecule has 2 N–H and O–H groups in total. The molecular formula is C14H20O5. The molecule has 5 heteroatoms. The van der Waals surface area contributed by atoms with Gasteiger partial charge in [0.2, 0.25) is 0 Å². The maximum absolute atomic E-state index is 11.0. The van der Waals surface area contributed by atoms with Crippen LogP contribution in [0.2, 0.25) is 0 Å². The molecule has 1 aromatic carbocycles. The van der Waals surface area contributed by atoms with Crippen LogP contribution in [0.4, 0.5) is 0 Å². The van der Waals surface area contributed by atoms with Gasteiger partial charge >= 0.3 is 5.97 Å². The third-order valence-corrected chi connectivity index (χ3v) is 2.66. The number of aliphatic hydroxyl groups is 1. The van der Waals surface area contributed by atoms with Gasteiger partial charge in [0.05, 0.1) is 11.7 Å². The zero-order chi connectivity index (χ0) is 14.6. The van der Waals surface area contributed by atoms with Crippen LogP contribution in [0.25, 0.3) is 0 Å². The SMILES string of the molecule is Cc1c(OOC(C)(C)CC(C)O)cccc1C(=O)O. The molecular weight excluding hydrogens is 248 g/mol. The second kappa shape index (κ2) is 6.04. The van der Waals surface area contributed by atoms with E-state index in [1.807, 2.05) is 0 Å². The van der Waals surface area contributed by atoms with E-state index in [2.05, 4.69) is 0 Å². The Labute approximate surface area is 112 Å². The first kappa shape index (κ1) is 15.5. The van der Waals surface area contributed by atoms with E-state index in [1.165, 1.54) is 6.07 Å². The van der Waals surface area contributed by atoms with Crippen molar-refractivity contribution in [3.8, 4) is 5.75 Å². The number of hydrogen-bond acceptors (Lipinski definition) is 4. The lowest BCUT2D eigenvalue weighted by molar-refractivity contribution is -0.286. The molecule has 0 aliphatic heterocycles. The molecule has 0 spiro atoms. The van der Waals surface area contributed by atoms with Gasteiger partial charge in [-0.3, -0.25) is 0 Å². The van der Waals surface area contributed by atoms with E-state index in [0.717, 1.165) is 0 Å². The summed E-state index contributed by atoms with van der Waals surface area (Å²) in [6.45, 7) is 6.90. The minimum absolute atomic E-state index is 0.175. The summed E-state index contributed by atoms with van der Waals surface area (Å²) in [6.07, 6.45) is -0.102. The summed E-state index contributed by atoms with van der Waals surface area (Å²) < 4.78 is 0. The summed E-state index contributed by atoms with van der Waals surface area (Å²) in [7, 11) is 0. The Balaban J connectivity index is 2.78. The molecule has 1 rings (SSSR count). The number of aromatic carboxylic acids is 1. The Morgan fingerprint density at radius 2 is 2.05 bits per heavy atom. The molecule has 1 aromatic rings. The lowest BCUT2D eigenvalue weighted by Crippen LogP contribution is -2.30. The number of hydrogen-bond donors (Lipinski definition) is 2. The smallest absolute Gasteiger partial charge is 0.336 e. The van der Waals surface area contributed by atoms with Crippen LogP contribution in [0.5, 0.6) is 5.75 Å². The van der Waals surface area contributed by atoms with E-state index in [-0.39, 0.29) is 5.56 Å². The molecule has 0 aliphatic carbocycles. The fourth-order valence-electron chi connectivity index (χ4n) is 1.84. The third-order valence-electron chi connectivity index (χ3n) is 2.66. The zero-order valence-corrected chi connectivity index (χ0v) is 11.6. The summed E-state index contributed by atoms with van der Waals surface area (Å²) in [6, 6.07) is 4.74. The van der Waals surface area contributed by atoms with Gasteiger partial charge in [0, 0.05) is 12.0 Å². The quantitative estimate of drug-likeness (QED) is 0.612. The zero-order valence-electron chi connectivity index (χ0n) is 11.6. The summed E-state index contributed by atoms with van der Waals surface area (Å²) in [5.74, 6) is -0.648. The first-order chi connectivity index (χ1) is 8.73. The van der Waals surface area contributed by atoms with Gasteiger partial charge < -0.3 is 15.1 Å². The van der Waals surface area contributed by atoms with Gasteiger partial charge in [0.1, 0.15) is 5.60 Å². The number of rotatable bonds is 6. The Morgan fingerprint density at radius 1 is 1.42 bits per heavy atom. The standard InChI is InChI=1S/C14H20O5/c1-9(15)8-14(3,4)19-18-12-7-5-6-11(10(12)2)13(16)17/h5-7,9,15H,8H2,1-4H3,(H,16,17). The van der Waals surface area contributed by atoms with Crippen LogP contribution >= 0.6 is 0 Å². The minimum Gasteiger partial charge on any atom is -0.478 e. The van der Waals surface area contributed by atoms with Crippen molar-refractivity contribution in [2.24, 2.45) is 0 Å². The molecule has 0 saturated heterocycles. The van der Waals surface area contributed by atoms with Crippen molar-refractivity contribution in [2.45, 2.75) is 45.8 Å². The topological polar surface area (TPSA) is 76.0 Å². The number of aliphatic hydroxyl groups excluding tert-OH is 1. The second-order valence-electron chi connectivity index (χ2n) is 5.21. The molecule has 1 atom stereocenters. The largest absolute Gasteiger partial charge is 0.478 e. The van der Waals surface area contributed by atoms with Crippen LogP contribution in [-0.2, 0) is 4.89 Å². The van der Waals surface area contributed by atoms with Gasteiger partial charge in [-0.05, 0) is 39.8 Å². The number of carboxylic acid groups (broad SMARTS) is 1. The molecule has 0 aliphatic rings. The molecule has 0 fully saturated rings. The van der Waals surface area contributed by atoms with Crippen LogP contribution in [0, 0.1) is 6.92 Å². The van der Waals surface area contributed by atoms with Crippen molar-refractivity contribution in [2.75, 3.05) is 0 Å². The van der Waals surface area contributed by atoms with E-state index < -0.39 is 17.7 Å². The molecule has 0 saturated carbocycles. The number of benzene rings is 1. The Hall–Kier alpha value is -1.59. The molecule has 5 nitrogen and oxygen atoms in total. The molecule has 0 heterocycles. The van der Waals surface area contributed by atoms with Crippen molar-refractivity contribution >= 4 is 5.97 Å². The molecule has 0 bridgehead atoms. The highest BCUT2D eigenvalue weighted by atomic mass is 17.2. The predicted molar refractivity (Wildman–Crippen MR) is 70.2 cm³/mol. The Kier molecular flexibility index (Phi) is 4.91. The molecule has 0 amide bonds. The third kappa shape index (κ3) is 4.54. The van der Waals surface area contributed by atoms with Crippen molar-refractivity contribution in [1.82, 2.24) is 0 Å². The van der Waals surface area contributed by atoms with Crippen molar-refractivity contribution < 1.29 is 24.8 Å². The normalized spacial score (nSPS) is 13.1. The highest BCUT2D eigenvalue weighted by Crippen LogP contribution is 2.25. The maximum Gasteiger partial charge on any atom is 0.336 e. The van der Waals surface area contributed by atoms with E-state index in [9.17, 15) is 9.90 Å². The number of carbonyl (C=O) groups is 1. The molecule has 0 aromatic heterocycles. The van der Waals surface area contributed by atoms with Gasteiger partial charge in [-0.25, -0.2) is 4.79 Å². The lowest BCUT2D eigenvalue weighted by atomic mass is 10.0. The van der Waals surface area contributed by atoms with Gasteiger partial charge in [-0.1, -0.05) is 6.07 Å². The highest BCUT2D eigenvalue weighted by molar-refractivity contribution is 5.90. The molecule has 19 heavy (non-hydrogen) atoms. The van der Waals surface area contributed by atoms with Crippen molar-refractivity contribution in [3.63, 3.8) is 0 Å². The van der Waals surface area contributed by atoms with Gasteiger partial charge in [-0.15, -0.1) is 0 Å². The van der Waals surface area contributed by atoms with Crippen LogP contribution in [0.3, 0.4) is 0 Å². The van der Waals surface area contributed by atoms with Gasteiger partial charge in [-0.2, -0.15) is 4.89 Å². The van der Waals surface area contributed by atoms with Crippen molar-refractivity contribution in [1.29, 1.82) is 0 Å². The predicted octanol–water partition coefficient (Wildman–Crippen LogP) is 2.55. The summed E-state index contributed by atoms with van der Waals surface area (Å²) in [5.41, 5.74) is 0.0112. The van der Waals surface area contributed by atoms with E-state index >= 15 is 0 Å². The second-order valence-corrected chi connectivity index (χ2v) is 5.21. The van der Waals surface area contributed by atoms with E-state index in [1.54, 1.807) is 39.8 Å². The van der Waals surface area contributed by atoms with Crippen LogP contribution in [-0.4, -0.2) is 27.9 Å². The van der Waals surface area contributed by atoms with Gasteiger partial charge in [0.25, 0.3) is 0 Å². The highest BCUT2D eigenvalue weighted by Gasteiger charge is 2.24. The fourth-order valence-corrected chi connectivity index (χ4v) is 1.84.